The normalized spacial score (nSPS) is 10.6. The van der Waals surface area contributed by atoms with Crippen molar-refractivity contribution in [1.82, 2.24) is 20.4 Å². The van der Waals surface area contributed by atoms with Crippen molar-refractivity contribution in [3.05, 3.63) is 58.1 Å². The summed E-state index contributed by atoms with van der Waals surface area (Å²) in [6, 6.07) is 8.76. The summed E-state index contributed by atoms with van der Waals surface area (Å²) in [6.45, 7) is 4.00. The van der Waals surface area contributed by atoms with Crippen LogP contribution in [0.4, 0.5) is 0 Å². The Morgan fingerprint density at radius 3 is 2.38 bits per heavy atom. The lowest BCUT2D eigenvalue weighted by Crippen LogP contribution is -2.43. The molecule has 34 heavy (non-hydrogen) atoms. The number of amides is 2. The number of hydrogen-bond acceptors (Lipinski definition) is 7. The highest BCUT2D eigenvalue weighted by Gasteiger charge is 2.12. The third-order valence-corrected chi connectivity index (χ3v) is 5.32. The zero-order valence-corrected chi connectivity index (χ0v) is 19.6. The molecule has 0 saturated heterocycles. The summed E-state index contributed by atoms with van der Waals surface area (Å²) in [5, 5.41) is 0.389. The average molecular weight is 469 g/mol. The summed E-state index contributed by atoms with van der Waals surface area (Å²) < 4.78 is 17.3. The molecule has 10 heteroatoms. The van der Waals surface area contributed by atoms with Crippen molar-refractivity contribution in [1.29, 1.82) is 0 Å². The molecule has 0 bridgehead atoms. The van der Waals surface area contributed by atoms with E-state index >= 15 is 0 Å². The lowest BCUT2D eigenvalue weighted by atomic mass is 10.1. The number of aromatic nitrogens is 2. The molecule has 0 aliphatic carbocycles. The van der Waals surface area contributed by atoms with Gasteiger partial charge >= 0.3 is 0 Å². The highest BCUT2D eigenvalue weighted by molar-refractivity contribution is 5.83. The van der Waals surface area contributed by atoms with Gasteiger partial charge in [0.1, 0.15) is 5.75 Å². The Hall–Kier alpha value is -4.08. The van der Waals surface area contributed by atoms with Crippen molar-refractivity contribution in [2.45, 2.75) is 33.2 Å². The largest absolute Gasteiger partial charge is 0.493 e. The SMILES string of the molecule is COc1cc2ncn(CCCC(=O)NNC(=O)COc3ccc(C)c(C)c3)c(=O)c2cc1OC. The standard InChI is InChI=1S/C24H28N4O6/c1-15-7-8-17(10-16(15)2)34-13-23(30)27-26-22(29)6-5-9-28-14-25-19-12-21(33-4)20(32-3)11-18(19)24(28)31/h7-8,10-12,14H,5-6,9,13H2,1-4H3,(H,26,29)(H,27,30). The quantitative estimate of drug-likeness (QED) is 0.461. The third-order valence-electron chi connectivity index (χ3n) is 5.32. The Balaban J connectivity index is 1.47. The molecule has 0 spiro atoms. The van der Waals surface area contributed by atoms with E-state index in [0.29, 0.717) is 34.6 Å². The lowest BCUT2D eigenvalue weighted by Gasteiger charge is -2.11. The van der Waals surface area contributed by atoms with Crippen LogP contribution in [0.1, 0.15) is 24.0 Å². The van der Waals surface area contributed by atoms with Crippen LogP contribution in [0.2, 0.25) is 0 Å². The van der Waals surface area contributed by atoms with Crippen LogP contribution < -0.4 is 30.6 Å². The smallest absolute Gasteiger partial charge is 0.276 e. The van der Waals surface area contributed by atoms with Gasteiger partial charge < -0.3 is 14.2 Å². The minimum atomic E-state index is -0.481. The predicted octanol–water partition coefficient (Wildman–Crippen LogP) is 2.04. The highest BCUT2D eigenvalue weighted by atomic mass is 16.5. The topological polar surface area (TPSA) is 121 Å². The number of hydrogen-bond donors (Lipinski definition) is 2. The van der Waals surface area contributed by atoms with Crippen LogP contribution in [0.25, 0.3) is 10.9 Å². The van der Waals surface area contributed by atoms with Crippen LogP contribution in [0.3, 0.4) is 0 Å². The molecule has 0 aliphatic rings. The van der Waals surface area contributed by atoms with Gasteiger partial charge in [-0.3, -0.25) is 29.8 Å². The predicted molar refractivity (Wildman–Crippen MR) is 126 cm³/mol. The minimum absolute atomic E-state index is 0.106. The molecule has 10 nitrogen and oxygen atoms in total. The number of carbonyl (C=O) groups excluding carboxylic acids is 2. The van der Waals surface area contributed by atoms with Gasteiger partial charge in [0.05, 0.1) is 31.4 Å². The fourth-order valence-electron chi connectivity index (χ4n) is 3.25. The van der Waals surface area contributed by atoms with Crippen LogP contribution in [0.15, 0.2) is 41.5 Å². The minimum Gasteiger partial charge on any atom is -0.493 e. The number of benzene rings is 2. The van der Waals surface area contributed by atoms with Crippen molar-refractivity contribution < 1.29 is 23.8 Å². The van der Waals surface area contributed by atoms with Gasteiger partial charge in [0.15, 0.2) is 18.1 Å². The van der Waals surface area contributed by atoms with Crippen molar-refractivity contribution in [3.63, 3.8) is 0 Å². The molecule has 2 aromatic carbocycles. The summed E-state index contributed by atoms with van der Waals surface area (Å²) in [5.74, 6) is 0.634. The number of nitrogens with zero attached hydrogens (tertiary/aromatic N) is 2. The van der Waals surface area contributed by atoms with Gasteiger partial charge in [0.2, 0.25) is 5.91 Å². The van der Waals surface area contributed by atoms with E-state index in [1.807, 2.05) is 26.0 Å². The van der Waals surface area contributed by atoms with Gasteiger partial charge in [-0.25, -0.2) is 4.98 Å². The van der Waals surface area contributed by atoms with Crippen LogP contribution in [0.5, 0.6) is 17.2 Å². The first-order valence-corrected chi connectivity index (χ1v) is 10.7. The Bertz CT molecular complexity index is 1250. The Morgan fingerprint density at radius 1 is 0.971 bits per heavy atom. The molecule has 2 amide bonds. The maximum absolute atomic E-state index is 12.8. The summed E-state index contributed by atoms with van der Waals surface area (Å²) >= 11 is 0. The van der Waals surface area contributed by atoms with Gasteiger partial charge in [0.25, 0.3) is 11.5 Å². The summed E-state index contributed by atoms with van der Waals surface area (Å²) in [5.41, 5.74) is 7.09. The van der Waals surface area contributed by atoms with Crippen molar-refractivity contribution >= 4 is 22.7 Å². The molecule has 0 radical (unpaired) electrons. The molecule has 0 unspecified atom stereocenters. The Labute approximate surface area is 196 Å². The van der Waals surface area contributed by atoms with Crippen LogP contribution in [0, 0.1) is 13.8 Å². The van der Waals surface area contributed by atoms with Crippen molar-refractivity contribution in [2.24, 2.45) is 0 Å². The second-order valence-electron chi connectivity index (χ2n) is 7.70. The summed E-state index contributed by atoms with van der Waals surface area (Å²) in [6.07, 6.45) is 1.91. The Morgan fingerprint density at radius 2 is 1.68 bits per heavy atom. The fraction of sp³-hybridized carbons (Fsp3) is 0.333. The van der Waals surface area contributed by atoms with Gasteiger partial charge in [-0.15, -0.1) is 0 Å². The van der Waals surface area contributed by atoms with Gasteiger partial charge in [0, 0.05) is 19.0 Å². The number of fused-ring (bicyclic) bond motifs is 1. The van der Waals surface area contributed by atoms with Crippen LogP contribution in [-0.4, -0.2) is 42.2 Å². The van der Waals surface area contributed by atoms with E-state index in [4.69, 9.17) is 14.2 Å². The number of rotatable bonds is 9. The fourth-order valence-corrected chi connectivity index (χ4v) is 3.25. The maximum atomic E-state index is 12.8. The van der Waals surface area contributed by atoms with E-state index < -0.39 is 5.91 Å². The first-order chi connectivity index (χ1) is 16.3. The van der Waals surface area contributed by atoms with E-state index in [1.54, 1.807) is 18.2 Å². The number of carbonyl (C=O) groups is 2. The zero-order chi connectivity index (χ0) is 24.7. The highest BCUT2D eigenvalue weighted by Crippen LogP contribution is 2.29. The molecule has 1 aromatic heterocycles. The first kappa shape index (κ1) is 24.6. The van der Waals surface area contributed by atoms with Gasteiger partial charge in [-0.2, -0.15) is 0 Å². The zero-order valence-electron chi connectivity index (χ0n) is 19.6. The molecule has 0 saturated carbocycles. The van der Waals surface area contributed by atoms with Gasteiger partial charge in [-0.05, 0) is 49.6 Å². The van der Waals surface area contributed by atoms with E-state index in [-0.39, 0.29) is 31.0 Å². The number of methoxy groups -OCH3 is 2. The van der Waals surface area contributed by atoms with E-state index in [9.17, 15) is 14.4 Å². The number of ether oxygens (including phenoxy) is 3. The molecule has 0 fully saturated rings. The van der Waals surface area contributed by atoms with Gasteiger partial charge in [-0.1, -0.05) is 6.07 Å². The lowest BCUT2D eigenvalue weighted by molar-refractivity contribution is -0.130. The second-order valence-corrected chi connectivity index (χ2v) is 7.70. The van der Waals surface area contributed by atoms with E-state index in [0.717, 1.165) is 11.1 Å². The van der Waals surface area contributed by atoms with Crippen molar-refractivity contribution in [2.75, 3.05) is 20.8 Å². The molecule has 180 valence electrons. The van der Waals surface area contributed by atoms with Crippen LogP contribution >= 0.6 is 0 Å². The average Bonchev–Trinajstić information content (AvgIpc) is 2.84. The molecule has 3 aromatic rings. The first-order valence-electron chi connectivity index (χ1n) is 10.7. The molecule has 0 atom stereocenters. The maximum Gasteiger partial charge on any atom is 0.276 e. The molecular formula is C24H28N4O6. The monoisotopic (exact) mass is 468 g/mol. The molecule has 3 rings (SSSR count). The molecular weight excluding hydrogens is 440 g/mol. The molecule has 0 aliphatic heterocycles. The second kappa shape index (κ2) is 11.2. The summed E-state index contributed by atoms with van der Waals surface area (Å²) in [4.78, 5) is 41.0. The van der Waals surface area contributed by atoms with Crippen LogP contribution in [-0.2, 0) is 16.1 Å². The number of hydrazine groups is 1. The number of aryl methyl sites for hydroxylation is 3. The van der Waals surface area contributed by atoms with E-state index in [2.05, 4.69) is 15.8 Å². The number of nitrogens with one attached hydrogen (secondary N) is 2. The van der Waals surface area contributed by atoms with Crippen molar-refractivity contribution in [3.8, 4) is 17.2 Å². The molecule has 2 N–H and O–H groups in total. The van der Waals surface area contributed by atoms with E-state index in [1.165, 1.54) is 25.1 Å². The summed E-state index contributed by atoms with van der Waals surface area (Å²) in [7, 11) is 3.00. The molecule has 1 heterocycles. The Kier molecular flexibility index (Phi) is 8.07. The third kappa shape index (κ3) is 6.03.